The number of hydrogen-bond acceptors (Lipinski definition) is 4. The van der Waals surface area contributed by atoms with E-state index in [0.717, 1.165) is 38.4 Å². The molecule has 1 aromatic rings. The van der Waals surface area contributed by atoms with Crippen molar-refractivity contribution >= 4 is 15.9 Å². The van der Waals surface area contributed by atoms with Gasteiger partial charge in [-0.25, -0.2) is 9.97 Å². The normalized spacial score (nSPS) is 17.7. The Kier molecular flexibility index (Phi) is 3.91. The number of hydrogen-bond donors (Lipinski definition) is 0. The summed E-state index contributed by atoms with van der Waals surface area (Å²) in [6, 6.07) is 0. The van der Waals surface area contributed by atoms with Gasteiger partial charge in [0, 0.05) is 13.2 Å². The van der Waals surface area contributed by atoms with Gasteiger partial charge in [-0.2, -0.15) is 0 Å². The van der Waals surface area contributed by atoms with Crippen molar-refractivity contribution in [3.63, 3.8) is 0 Å². The quantitative estimate of drug-likeness (QED) is 0.790. The van der Waals surface area contributed by atoms with Crippen LogP contribution in [0.3, 0.4) is 0 Å². The fourth-order valence-corrected chi connectivity index (χ4v) is 1.71. The molecule has 0 radical (unpaired) electrons. The van der Waals surface area contributed by atoms with Gasteiger partial charge in [-0.15, -0.1) is 0 Å². The SMILES string of the molecule is Brc1ncc(OCC2CCOCC2)cn1. The summed E-state index contributed by atoms with van der Waals surface area (Å²) in [7, 11) is 0. The molecule has 0 spiro atoms. The van der Waals surface area contributed by atoms with E-state index in [2.05, 4.69) is 25.9 Å². The Morgan fingerprint density at radius 3 is 2.67 bits per heavy atom. The highest BCUT2D eigenvalue weighted by atomic mass is 79.9. The average Bonchev–Trinajstić information content (AvgIpc) is 2.30. The maximum Gasteiger partial charge on any atom is 0.196 e. The van der Waals surface area contributed by atoms with Gasteiger partial charge < -0.3 is 9.47 Å². The van der Waals surface area contributed by atoms with E-state index < -0.39 is 0 Å². The first-order valence-corrected chi connectivity index (χ1v) is 5.82. The summed E-state index contributed by atoms with van der Waals surface area (Å²) in [5, 5.41) is 0. The number of halogens is 1. The molecule has 5 heteroatoms. The zero-order valence-electron chi connectivity index (χ0n) is 8.36. The van der Waals surface area contributed by atoms with Crippen molar-refractivity contribution in [3.05, 3.63) is 17.1 Å². The first kappa shape index (κ1) is 10.8. The number of ether oxygens (including phenoxy) is 2. The number of rotatable bonds is 3. The molecule has 15 heavy (non-hydrogen) atoms. The zero-order chi connectivity index (χ0) is 10.5. The van der Waals surface area contributed by atoms with Crippen LogP contribution in [0.4, 0.5) is 0 Å². The lowest BCUT2D eigenvalue weighted by Gasteiger charge is -2.21. The molecule has 2 rings (SSSR count). The lowest BCUT2D eigenvalue weighted by Crippen LogP contribution is -2.21. The van der Waals surface area contributed by atoms with E-state index in [1.54, 1.807) is 12.4 Å². The van der Waals surface area contributed by atoms with Crippen LogP contribution < -0.4 is 4.74 Å². The van der Waals surface area contributed by atoms with Gasteiger partial charge in [-0.1, -0.05) is 0 Å². The Morgan fingerprint density at radius 2 is 2.00 bits per heavy atom. The topological polar surface area (TPSA) is 44.2 Å². The molecule has 1 saturated heterocycles. The third kappa shape index (κ3) is 3.43. The molecular formula is C10H13BrN2O2. The third-order valence-electron chi connectivity index (χ3n) is 2.42. The van der Waals surface area contributed by atoms with Crippen molar-refractivity contribution in [2.45, 2.75) is 12.8 Å². The van der Waals surface area contributed by atoms with Crippen LogP contribution in [0.2, 0.25) is 0 Å². The van der Waals surface area contributed by atoms with Gasteiger partial charge >= 0.3 is 0 Å². The van der Waals surface area contributed by atoms with Crippen molar-refractivity contribution in [1.29, 1.82) is 0 Å². The molecule has 0 N–H and O–H groups in total. The second-order valence-electron chi connectivity index (χ2n) is 3.55. The van der Waals surface area contributed by atoms with Crippen molar-refractivity contribution < 1.29 is 9.47 Å². The minimum atomic E-state index is 0.584. The van der Waals surface area contributed by atoms with E-state index in [0.29, 0.717) is 10.7 Å². The maximum absolute atomic E-state index is 5.60. The van der Waals surface area contributed by atoms with Crippen molar-refractivity contribution in [1.82, 2.24) is 9.97 Å². The first-order valence-electron chi connectivity index (χ1n) is 5.02. The summed E-state index contributed by atoms with van der Waals surface area (Å²) in [5.74, 6) is 1.33. The van der Waals surface area contributed by atoms with E-state index in [9.17, 15) is 0 Å². The molecule has 2 heterocycles. The largest absolute Gasteiger partial charge is 0.490 e. The fraction of sp³-hybridized carbons (Fsp3) is 0.600. The van der Waals surface area contributed by atoms with Crippen molar-refractivity contribution in [2.75, 3.05) is 19.8 Å². The van der Waals surface area contributed by atoms with Crippen molar-refractivity contribution in [3.8, 4) is 5.75 Å². The van der Waals surface area contributed by atoms with Gasteiger partial charge in [0.25, 0.3) is 0 Å². The molecule has 0 bridgehead atoms. The minimum Gasteiger partial charge on any atom is -0.490 e. The Hall–Kier alpha value is -0.680. The molecule has 1 aliphatic rings. The zero-order valence-corrected chi connectivity index (χ0v) is 9.94. The second-order valence-corrected chi connectivity index (χ2v) is 4.26. The molecule has 1 aromatic heterocycles. The molecule has 0 aliphatic carbocycles. The molecule has 0 saturated carbocycles. The van der Waals surface area contributed by atoms with Crippen LogP contribution in [0.1, 0.15) is 12.8 Å². The van der Waals surface area contributed by atoms with Gasteiger partial charge in [0.2, 0.25) is 0 Å². The van der Waals surface area contributed by atoms with Gasteiger partial charge in [0.05, 0.1) is 19.0 Å². The molecule has 1 aliphatic heterocycles. The minimum absolute atomic E-state index is 0.584. The summed E-state index contributed by atoms with van der Waals surface area (Å²) >= 11 is 3.18. The van der Waals surface area contributed by atoms with Crippen LogP contribution >= 0.6 is 15.9 Å². The number of nitrogens with zero attached hydrogens (tertiary/aromatic N) is 2. The molecule has 0 unspecified atom stereocenters. The van der Waals surface area contributed by atoms with E-state index in [1.165, 1.54) is 0 Å². The second kappa shape index (κ2) is 5.42. The summed E-state index contributed by atoms with van der Waals surface area (Å²) in [6.45, 7) is 2.43. The molecule has 4 nitrogen and oxygen atoms in total. The van der Waals surface area contributed by atoms with Gasteiger partial charge in [0.1, 0.15) is 0 Å². The van der Waals surface area contributed by atoms with E-state index in [1.807, 2.05) is 0 Å². The van der Waals surface area contributed by atoms with Crippen LogP contribution in [0.5, 0.6) is 5.75 Å². The smallest absolute Gasteiger partial charge is 0.196 e. The van der Waals surface area contributed by atoms with Gasteiger partial charge in [0.15, 0.2) is 10.5 Å². The highest BCUT2D eigenvalue weighted by molar-refractivity contribution is 9.10. The molecule has 82 valence electrons. The van der Waals surface area contributed by atoms with Crippen molar-refractivity contribution in [2.24, 2.45) is 5.92 Å². The molecule has 1 fully saturated rings. The van der Waals surface area contributed by atoms with Gasteiger partial charge in [-0.05, 0) is 34.7 Å². The number of aromatic nitrogens is 2. The molecule has 0 amide bonds. The maximum atomic E-state index is 5.60. The molecule has 0 atom stereocenters. The Labute approximate surface area is 97.1 Å². The summed E-state index contributed by atoms with van der Waals surface area (Å²) < 4.78 is 11.5. The van der Waals surface area contributed by atoms with Crippen LogP contribution in [0.25, 0.3) is 0 Å². The van der Waals surface area contributed by atoms with Crippen LogP contribution in [-0.4, -0.2) is 29.8 Å². The fourth-order valence-electron chi connectivity index (χ4n) is 1.50. The highest BCUT2D eigenvalue weighted by Gasteiger charge is 2.14. The van der Waals surface area contributed by atoms with E-state index in [-0.39, 0.29) is 0 Å². The standard InChI is InChI=1S/C10H13BrN2O2/c11-10-12-5-9(6-13-10)15-7-8-1-3-14-4-2-8/h5-6,8H,1-4,7H2. The van der Waals surface area contributed by atoms with Crippen LogP contribution in [0.15, 0.2) is 17.1 Å². The summed E-state index contributed by atoms with van der Waals surface area (Å²) in [4.78, 5) is 8.00. The summed E-state index contributed by atoms with van der Waals surface area (Å²) in [6.07, 6.45) is 5.52. The lowest BCUT2D eigenvalue weighted by molar-refractivity contribution is 0.0496. The first-order chi connectivity index (χ1) is 7.34. The summed E-state index contributed by atoms with van der Waals surface area (Å²) in [5.41, 5.74) is 0. The predicted molar refractivity (Wildman–Crippen MR) is 58.8 cm³/mol. The Morgan fingerprint density at radius 1 is 1.33 bits per heavy atom. The van der Waals surface area contributed by atoms with E-state index in [4.69, 9.17) is 9.47 Å². The molecule has 0 aromatic carbocycles. The Balaban J connectivity index is 1.79. The highest BCUT2D eigenvalue weighted by Crippen LogP contribution is 2.17. The Bertz CT molecular complexity index is 299. The van der Waals surface area contributed by atoms with Crippen LogP contribution in [-0.2, 0) is 4.74 Å². The lowest BCUT2D eigenvalue weighted by atomic mass is 10.0. The third-order valence-corrected chi connectivity index (χ3v) is 2.83. The monoisotopic (exact) mass is 272 g/mol. The van der Waals surface area contributed by atoms with Crippen LogP contribution in [0, 0.1) is 5.92 Å². The average molecular weight is 273 g/mol. The predicted octanol–water partition coefficient (Wildman–Crippen LogP) is 2.04. The van der Waals surface area contributed by atoms with E-state index >= 15 is 0 Å². The van der Waals surface area contributed by atoms with Gasteiger partial charge in [-0.3, -0.25) is 0 Å². The molecular weight excluding hydrogens is 260 g/mol.